The molecule has 1 fully saturated rings. The summed E-state index contributed by atoms with van der Waals surface area (Å²) in [6.45, 7) is 6.10. The number of carbonyl (C=O) groups excluding carboxylic acids is 1. The van der Waals surface area contributed by atoms with Crippen molar-refractivity contribution in [1.82, 2.24) is 4.90 Å². The van der Waals surface area contributed by atoms with Gasteiger partial charge in [0.1, 0.15) is 0 Å². The zero-order chi connectivity index (χ0) is 7.56. The average molecular weight is 141 g/mol. The van der Waals surface area contributed by atoms with E-state index in [0.717, 1.165) is 19.0 Å². The molecular weight excluding hydrogens is 126 g/mol. The van der Waals surface area contributed by atoms with E-state index in [1.165, 1.54) is 6.42 Å². The molecule has 1 aliphatic heterocycles. The molecule has 0 atom stereocenters. The molecule has 1 rings (SSSR count). The Labute approximate surface area is 62.2 Å². The molecule has 1 saturated heterocycles. The lowest BCUT2D eigenvalue weighted by Gasteiger charge is -2.38. The molecule has 0 spiro atoms. The van der Waals surface area contributed by atoms with Crippen LogP contribution in [-0.4, -0.2) is 23.9 Å². The van der Waals surface area contributed by atoms with Crippen molar-refractivity contribution in [2.75, 3.05) is 13.1 Å². The molecular formula is C8H15NO. The van der Waals surface area contributed by atoms with Gasteiger partial charge in [0.05, 0.1) is 0 Å². The summed E-state index contributed by atoms with van der Waals surface area (Å²) >= 11 is 0. The van der Waals surface area contributed by atoms with Crippen LogP contribution in [0.4, 0.5) is 0 Å². The quantitative estimate of drug-likeness (QED) is 0.567. The minimum atomic E-state index is 0.310. The fourth-order valence-electron chi connectivity index (χ4n) is 1.26. The van der Waals surface area contributed by atoms with E-state index in [9.17, 15) is 4.79 Å². The van der Waals surface area contributed by atoms with E-state index in [0.29, 0.717) is 12.3 Å². The van der Waals surface area contributed by atoms with Gasteiger partial charge in [-0.15, -0.1) is 0 Å². The van der Waals surface area contributed by atoms with Crippen LogP contribution in [0.5, 0.6) is 0 Å². The van der Waals surface area contributed by atoms with Gasteiger partial charge in [-0.3, -0.25) is 4.79 Å². The SMILES string of the molecule is CCC(=O)N1CC(CC)C1. The van der Waals surface area contributed by atoms with E-state index < -0.39 is 0 Å². The summed E-state index contributed by atoms with van der Waals surface area (Å²) in [6.07, 6.45) is 1.88. The summed E-state index contributed by atoms with van der Waals surface area (Å²) in [7, 11) is 0. The summed E-state index contributed by atoms with van der Waals surface area (Å²) in [4.78, 5) is 12.9. The van der Waals surface area contributed by atoms with Crippen LogP contribution in [0.1, 0.15) is 26.7 Å². The van der Waals surface area contributed by atoms with E-state index >= 15 is 0 Å². The summed E-state index contributed by atoms with van der Waals surface area (Å²) in [5.74, 6) is 1.10. The Hall–Kier alpha value is -0.530. The van der Waals surface area contributed by atoms with E-state index in [1.54, 1.807) is 0 Å². The summed E-state index contributed by atoms with van der Waals surface area (Å²) in [5, 5.41) is 0. The number of amides is 1. The van der Waals surface area contributed by atoms with Crippen LogP contribution < -0.4 is 0 Å². The van der Waals surface area contributed by atoms with Crippen LogP contribution in [0.25, 0.3) is 0 Å². The maximum Gasteiger partial charge on any atom is 0.222 e. The highest BCUT2D eigenvalue weighted by Crippen LogP contribution is 2.18. The fraction of sp³-hybridized carbons (Fsp3) is 0.875. The highest BCUT2D eigenvalue weighted by molar-refractivity contribution is 5.76. The molecule has 1 amide bonds. The van der Waals surface area contributed by atoms with E-state index in [4.69, 9.17) is 0 Å². The molecule has 1 heterocycles. The molecule has 58 valence electrons. The molecule has 0 saturated carbocycles. The lowest BCUT2D eigenvalue weighted by atomic mass is 9.97. The standard InChI is InChI=1S/C8H15NO/c1-3-7-5-9(6-7)8(10)4-2/h7H,3-6H2,1-2H3. The number of carbonyl (C=O) groups is 1. The second kappa shape index (κ2) is 3.04. The maximum absolute atomic E-state index is 11.0. The molecule has 0 aromatic carbocycles. The predicted octanol–water partition coefficient (Wildman–Crippen LogP) is 1.26. The van der Waals surface area contributed by atoms with Crippen LogP contribution in [0.2, 0.25) is 0 Å². The second-order valence-corrected chi connectivity index (χ2v) is 2.93. The molecule has 1 aliphatic rings. The molecule has 0 aliphatic carbocycles. The Morgan fingerprint density at radius 1 is 1.50 bits per heavy atom. The van der Waals surface area contributed by atoms with Gasteiger partial charge in [-0.05, 0) is 12.3 Å². The Balaban J connectivity index is 2.19. The van der Waals surface area contributed by atoms with Crippen molar-refractivity contribution in [1.29, 1.82) is 0 Å². The normalized spacial score (nSPS) is 18.8. The first-order valence-corrected chi connectivity index (χ1v) is 4.05. The van der Waals surface area contributed by atoms with Crippen LogP contribution in [0.15, 0.2) is 0 Å². The van der Waals surface area contributed by atoms with Gasteiger partial charge in [-0.2, -0.15) is 0 Å². The number of hydrogen-bond donors (Lipinski definition) is 0. The molecule has 2 nitrogen and oxygen atoms in total. The molecule has 0 bridgehead atoms. The number of likely N-dealkylation sites (tertiary alicyclic amines) is 1. The van der Waals surface area contributed by atoms with Gasteiger partial charge >= 0.3 is 0 Å². The largest absolute Gasteiger partial charge is 0.342 e. The molecule has 0 radical (unpaired) electrons. The zero-order valence-corrected chi connectivity index (χ0v) is 6.76. The third kappa shape index (κ3) is 1.31. The fourth-order valence-corrected chi connectivity index (χ4v) is 1.26. The van der Waals surface area contributed by atoms with Crippen molar-refractivity contribution in [2.45, 2.75) is 26.7 Å². The van der Waals surface area contributed by atoms with Crippen molar-refractivity contribution in [2.24, 2.45) is 5.92 Å². The second-order valence-electron chi connectivity index (χ2n) is 2.93. The minimum absolute atomic E-state index is 0.310. The van der Waals surface area contributed by atoms with Gasteiger partial charge in [0.2, 0.25) is 5.91 Å². The molecule has 0 aromatic heterocycles. The number of nitrogens with zero attached hydrogens (tertiary/aromatic N) is 1. The molecule has 10 heavy (non-hydrogen) atoms. The van der Waals surface area contributed by atoms with Crippen LogP contribution >= 0.6 is 0 Å². The van der Waals surface area contributed by atoms with E-state index in [2.05, 4.69) is 6.92 Å². The zero-order valence-electron chi connectivity index (χ0n) is 6.76. The van der Waals surface area contributed by atoms with Crippen LogP contribution in [0.3, 0.4) is 0 Å². The first-order chi connectivity index (χ1) is 4.77. The lowest BCUT2D eigenvalue weighted by molar-refractivity contribution is -0.137. The third-order valence-corrected chi connectivity index (χ3v) is 2.19. The van der Waals surface area contributed by atoms with Crippen molar-refractivity contribution >= 4 is 5.91 Å². The minimum Gasteiger partial charge on any atom is -0.342 e. The van der Waals surface area contributed by atoms with Crippen molar-refractivity contribution in [3.8, 4) is 0 Å². The van der Waals surface area contributed by atoms with Crippen molar-refractivity contribution in [3.63, 3.8) is 0 Å². The summed E-state index contributed by atoms with van der Waals surface area (Å²) in [5.41, 5.74) is 0. The number of hydrogen-bond acceptors (Lipinski definition) is 1. The predicted molar refractivity (Wildman–Crippen MR) is 40.7 cm³/mol. The Bertz CT molecular complexity index is 127. The van der Waals surface area contributed by atoms with Gasteiger partial charge in [-0.1, -0.05) is 13.8 Å². The van der Waals surface area contributed by atoms with E-state index in [-0.39, 0.29) is 0 Å². The summed E-state index contributed by atoms with van der Waals surface area (Å²) < 4.78 is 0. The first kappa shape index (κ1) is 7.58. The lowest BCUT2D eigenvalue weighted by Crippen LogP contribution is -2.49. The molecule has 0 aromatic rings. The Kier molecular flexibility index (Phi) is 2.30. The van der Waals surface area contributed by atoms with Gasteiger partial charge in [-0.25, -0.2) is 0 Å². The van der Waals surface area contributed by atoms with Gasteiger partial charge < -0.3 is 4.90 Å². The van der Waals surface area contributed by atoms with Crippen molar-refractivity contribution in [3.05, 3.63) is 0 Å². The first-order valence-electron chi connectivity index (χ1n) is 4.05. The molecule has 0 unspecified atom stereocenters. The summed E-state index contributed by atoms with van der Waals surface area (Å²) in [6, 6.07) is 0. The maximum atomic E-state index is 11.0. The van der Waals surface area contributed by atoms with Crippen LogP contribution in [0, 0.1) is 5.92 Å². The topological polar surface area (TPSA) is 20.3 Å². The molecule has 2 heteroatoms. The highest BCUT2D eigenvalue weighted by Gasteiger charge is 2.27. The van der Waals surface area contributed by atoms with Crippen LogP contribution in [-0.2, 0) is 4.79 Å². The van der Waals surface area contributed by atoms with Gasteiger partial charge in [0.15, 0.2) is 0 Å². The molecule has 0 N–H and O–H groups in total. The highest BCUT2D eigenvalue weighted by atomic mass is 16.2. The van der Waals surface area contributed by atoms with E-state index in [1.807, 2.05) is 11.8 Å². The Morgan fingerprint density at radius 3 is 2.50 bits per heavy atom. The van der Waals surface area contributed by atoms with Crippen molar-refractivity contribution < 1.29 is 4.79 Å². The number of rotatable bonds is 2. The Morgan fingerprint density at radius 2 is 2.10 bits per heavy atom. The smallest absolute Gasteiger partial charge is 0.222 e. The third-order valence-electron chi connectivity index (χ3n) is 2.19. The van der Waals surface area contributed by atoms with Gasteiger partial charge in [0.25, 0.3) is 0 Å². The van der Waals surface area contributed by atoms with Gasteiger partial charge in [0, 0.05) is 19.5 Å². The monoisotopic (exact) mass is 141 g/mol. The average Bonchev–Trinajstić information content (AvgIpc) is 1.85.